The molecule has 0 unspecified atom stereocenters. The van der Waals surface area contributed by atoms with E-state index in [-0.39, 0.29) is 5.97 Å². The summed E-state index contributed by atoms with van der Waals surface area (Å²) in [5.41, 5.74) is 1.78. The number of hydrogen-bond acceptors (Lipinski definition) is 6. The van der Waals surface area contributed by atoms with Gasteiger partial charge in [-0.1, -0.05) is 0 Å². The van der Waals surface area contributed by atoms with Crippen molar-refractivity contribution in [2.24, 2.45) is 0 Å². The highest BCUT2D eigenvalue weighted by Crippen LogP contribution is 2.24. The van der Waals surface area contributed by atoms with Gasteiger partial charge in [-0.25, -0.2) is 14.8 Å². The van der Waals surface area contributed by atoms with Crippen LogP contribution in [0.2, 0.25) is 0 Å². The van der Waals surface area contributed by atoms with Crippen LogP contribution in [0, 0.1) is 6.92 Å². The van der Waals surface area contributed by atoms with Gasteiger partial charge in [0.15, 0.2) is 5.82 Å². The largest absolute Gasteiger partial charge is 0.465 e. The Morgan fingerprint density at radius 3 is 2.91 bits per heavy atom. The zero-order valence-corrected chi connectivity index (χ0v) is 13.0. The fraction of sp³-hybridized carbons (Fsp3) is 0.200. The number of ether oxygens (including phenoxy) is 1. The molecule has 7 heteroatoms. The molecule has 0 aliphatic rings. The number of methoxy groups -OCH3 is 1. The van der Waals surface area contributed by atoms with Gasteiger partial charge in [0.1, 0.15) is 10.6 Å². The second-order valence-electron chi connectivity index (χ2n) is 4.65. The second-order valence-corrected chi connectivity index (χ2v) is 5.91. The normalized spacial score (nSPS) is 10.6. The molecule has 0 amide bonds. The molecule has 3 aromatic rings. The first-order valence-electron chi connectivity index (χ1n) is 6.64. The monoisotopic (exact) mass is 314 g/mol. The van der Waals surface area contributed by atoms with Crippen molar-refractivity contribution in [1.82, 2.24) is 19.5 Å². The fourth-order valence-corrected chi connectivity index (χ4v) is 3.10. The smallest absolute Gasteiger partial charge is 0.348 e. The first kappa shape index (κ1) is 14.4. The van der Waals surface area contributed by atoms with Crippen LogP contribution in [0.4, 0.5) is 0 Å². The predicted molar refractivity (Wildman–Crippen MR) is 82.8 cm³/mol. The van der Waals surface area contributed by atoms with Gasteiger partial charge in [-0.3, -0.25) is 4.98 Å². The van der Waals surface area contributed by atoms with E-state index >= 15 is 0 Å². The van der Waals surface area contributed by atoms with Crippen LogP contribution in [0.1, 0.15) is 20.1 Å². The molecule has 0 saturated carbocycles. The molecule has 0 aliphatic carbocycles. The summed E-state index contributed by atoms with van der Waals surface area (Å²) >= 11 is 1.43. The van der Waals surface area contributed by atoms with E-state index in [0.29, 0.717) is 17.1 Å². The Labute approximate surface area is 131 Å². The number of aryl methyl sites for hydroxylation is 1. The molecule has 0 saturated heterocycles. The quantitative estimate of drug-likeness (QED) is 0.692. The maximum Gasteiger partial charge on any atom is 0.348 e. The number of rotatable bonds is 4. The van der Waals surface area contributed by atoms with Crippen molar-refractivity contribution >= 4 is 17.3 Å². The van der Waals surface area contributed by atoms with E-state index in [1.54, 1.807) is 24.8 Å². The van der Waals surface area contributed by atoms with E-state index in [1.807, 2.05) is 23.8 Å². The molecule has 0 radical (unpaired) electrons. The number of thiophene rings is 1. The van der Waals surface area contributed by atoms with Gasteiger partial charge in [0.05, 0.1) is 19.9 Å². The Morgan fingerprint density at radius 2 is 2.18 bits per heavy atom. The summed E-state index contributed by atoms with van der Waals surface area (Å²) in [6.07, 6.45) is 8.56. The van der Waals surface area contributed by atoms with E-state index < -0.39 is 0 Å². The molecule has 112 valence electrons. The lowest BCUT2D eigenvalue weighted by Gasteiger charge is -2.06. The first-order chi connectivity index (χ1) is 10.7. The van der Waals surface area contributed by atoms with Crippen molar-refractivity contribution in [1.29, 1.82) is 0 Å². The molecule has 3 heterocycles. The highest BCUT2D eigenvalue weighted by Gasteiger charge is 2.14. The van der Waals surface area contributed by atoms with Crippen LogP contribution in [0.5, 0.6) is 0 Å². The van der Waals surface area contributed by atoms with E-state index in [2.05, 4.69) is 15.0 Å². The maximum atomic E-state index is 11.6. The molecule has 6 nitrogen and oxygen atoms in total. The van der Waals surface area contributed by atoms with Crippen LogP contribution in [-0.4, -0.2) is 32.6 Å². The van der Waals surface area contributed by atoms with Gasteiger partial charge in [0.2, 0.25) is 0 Å². The molecule has 0 atom stereocenters. The van der Waals surface area contributed by atoms with Crippen LogP contribution in [0.15, 0.2) is 37.1 Å². The first-order valence-corrected chi connectivity index (χ1v) is 7.46. The SMILES string of the molecule is COC(=O)c1cc(Cn2ccnc2-c2cnccn2)c(C)s1. The van der Waals surface area contributed by atoms with Crippen LogP contribution in [0.3, 0.4) is 0 Å². The summed E-state index contributed by atoms with van der Waals surface area (Å²) < 4.78 is 6.75. The standard InChI is InChI=1S/C15H14N4O2S/c1-10-11(7-13(22-10)15(20)21-2)9-19-6-5-18-14(19)12-8-16-3-4-17-12/h3-8H,9H2,1-2H3. The van der Waals surface area contributed by atoms with Crippen molar-refractivity contribution < 1.29 is 9.53 Å². The number of esters is 1. The lowest BCUT2D eigenvalue weighted by atomic mass is 10.2. The Morgan fingerprint density at radius 1 is 1.32 bits per heavy atom. The molecule has 3 aromatic heterocycles. The average Bonchev–Trinajstić information content (AvgIpc) is 3.15. The van der Waals surface area contributed by atoms with E-state index in [1.165, 1.54) is 18.4 Å². The molecule has 0 fully saturated rings. The van der Waals surface area contributed by atoms with Crippen molar-refractivity contribution in [3.05, 3.63) is 52.4 Å². The zero-order valence-electron chi connectivity index (χ0n) is 12.2. The maximum absolute atomic E-state index is 11.6. The Kier molecular flexibility index (Phi) is 3.97. The second kappa shape index (κ2) is 6.07. The third-order valence-corrected chi connectivity index (χ3v) is 4.33. The molecule has 22 heavy (non-hydrogen) atoms. The predicted octanol–water partition coefficient (Wildman–Crippen LogP) is 2.54. The van der Waals surface area contributed by atoms with E-state index in [4.69, 9.17) is 4.74 Å². The van der Waals surface area contributed by atoms with Crippen molar-refractivity contribution in [3.8, 4) is 11.5 Å². The third kappa shape index (κ3) is 2.75. The minimum atomic E-state index is -0.306. The number of aromatic nitrogens is 4. The summed E-state index contributed by atoms with van der Waals surface area (Å²) in [6.45, 7) is 2.61. The molecule has 0 N–H and O–H groups in total. The highest BCUT2D eigenvalue weighted by atomic mass is 32.1. The lowest BCUT2D eigenvalue weighted by molar-refractivity contribution is 0.0606. The lowest BCUT2D eigenvalue weighted by Crippen LogP contribution is -2.03. The van der Waals surface area contributed by atoms with Crippen molar-refractivity contribution in [3.63, 3.8) is 0 Å². The molecular weight excluding hydrogens is 300 g/mol. The number of carbonyl (C=O) groups excluding carboxylic acids is 1. The summed E-state index contributed by atoms with van der Waals surface area (Å²) in [5, 5.41) is 0. The average molecular weight is 314 g/mol. The number of carbonyl (C=O) groups is 1. The van der Waals surface area contributed by atoms with Crippen LogP contribution < -0.4 is 0 Å². The van der Waals surface area contributed by atoms with Gasteiger partial charge in [0, 0.05) is 29.7 Å². The minimum absolute atomic E-state index is 0.306. The van der Waals surface area contributed by atoms with Gasteiger partial charge in [-0.2, -0.15) is 0 Å². The Bertz CT molecular complexity index is 795. The van der Waals surface area contributed by atoms with E-state index in [0.717, 1.165) is 16.3 Å². The zero-order chi connectivity index (χ0) is 15.5. The third-order valence-electron chi connectivity index (χ3n) is 3.26. The van der Waals surface area contributed by atoms with Gasteiger partial charge < -0.3 is 9.30 Å². The Balaban J connectivity index is 1.91. The Hall–Kier alpha value is -2.54. The van der Waals surface area contributed by atoms with Crippen LogP contribution >= 0.6 is 11.3 Å². The molecule has 3 rings (SSSR count). The summed E-state index contributed by atoms with van der Waals surface area (Å²) in [6, 6.07) is 1.87. The molecule has 0 bridgehead atoms. The fourth-order valence-electron chi connectivity index (χ4n) is 2.15. The van der Waals surface area contributed by atoms with Crippen molar-refractivity contribution in [2.45, 2.75) is 13.5 Å². The van der Waals surface area contributed by atoms with Gasteiger partial charge in [0.25, 0.3) is 0 Å². The minimum Gasteiger partial charge on any atom is -0.465 e. The topological polar surface area (TPSA) is 69.9 Å². The van der Waals surface area contributed by atoms with Crippen LogP contribution in [0.25, 0.3) is 11.5 Å². The number of nitrogens with zero attached hydrogens (tertiary/aromatic N) is 4. The number of imidazole rings is 1. The molecule has 0 spiro atoms. The summed E-state index contributed by atoms with van der Waals surface area (Å²) in [5.74, 6) is 0.442. The van der Waals surface area contributed by atoms with Crippen molar-refractivity contribution in [2.75, 3.05) is 7.11 Å². The number of hydrogen-bond donors (Lipinski definition) is 0. The molecule has 0 aliphatic heterocycles. The van der Waals surface area contributed by atoms with E-state index in [9.17, 15) is 4.79 Å². The highest BCUT2D eigenvalue weighted by molar-refractivity contribution is 7.14. The van der Waals surface area contributed by atoms with Crippen LogP contribution in [-0.2, 0) is 11.3 Å². The van der Waals surface area contributed by atoms with Gasteiger partial charge in [-0.15, -0.1) is 11.3 Å². The van der Waals surface area contributed by atoms with Gasteiger partial charge >= 0.3 is 5.97 Å². The molecule has 0 aromatic carbocycles. The molecular formula is C15H14N4O2S. The summed E-state index contributed by atoms with van der Waals surface area (Å²) in [7, 11) is 1.39. The summed E-state index contributed by atoms with van der Waals surface area (Å²) in [4.78, 5) is 26.0. The van der Waals surface area contributed by atoms with Gasteiger partial charge in [-0.05, 0) is 18.6 Å².